The first-order valence-corrected chi connectivity index (χ1v) is 7.20. The molecule has 0 bridgehead atoms. The molecule has 2 aliphatic heterocycles. The first-order chi connectivity index (χ1) is 8.53. The largest absolute Gasteiger partial charge is 0.462 e. The zero-order valence-corrected chi connectivity index (χ0v) is 11.8. The number of piperidine rings is 2. The van der Waals surface area contributed by atoms with Crippen LogP contribution in [0, 0.1) is 5.92 Å². The molecule has 18 heavy (non-hydrogen) atoms. The van der Waals surface area contributed by atoms with Crippen LogP contribution in [0.1, 0.15) is 39.0 Å². The van der Waals surface area contributed by atoms with Crippen molar-refractivity contribution in [2.75, 3.05) is 26.7 Å². The van der Waals surface area contributed by atoms with Gasteiger partial charge in [-0.3, -0.25) is 0 Å². The highest BCUT2D eigenvalue weighted by molar-refractivity contribution is 5.86. The van der Waals surface area contributed by atoms with Crippen molar-refractivity contribution in [1.29, 1.82) is 0 Å². The molecule has 0 N–H and O–H groups in total. The SMILES string of the molecule is C=C(C)C(=O)OC[C@H]1CCC[N@@+]2(C)CCCC[C@@H]12. The van der Waals surface area contributed by atoms with E-state index in [-0.39, 0.29) is 5.97 Å². The lowest BCUT2D eigenvalue weighted by Crippen LogP contribution is -2.61. The third-order valence-corrected chi connectivity index (χ3v) is 4.78. The summed E-state index contributed by atoms with van der Waals surface area (Å²) < 4.78 is 6.59. The lowest BCUT2D eigenvalue weighted by Gasteiger charge is -2.51. The van der Waals surface area contributed by atoms with Crippen LogP contribution in [0.4, 0.5) is 0 Å². The molecule has 2 heterocycles. The topological polar surface area (TPSA) is 26.3 Å². The summed E-state index contributed by atoms with van der Waals surface area (Å²) in [6.45, 7) is 8.54. The average molecular weight is 252 g/mol. The monoisotopic (exact) mass is 252 g/mol. The first-order valence-electron chi connectivity index (χ1n) is 7.20. The van der Waals surface area contributed by atoms with Crippen LogP contribution in [0.3, 0.4) is 0 Å². The predicted octanol–water partition coefficient (Wildman–Crippen LogP) is 2.51. The number of hydrogen-bond acceptors (Lipinski definition) is 2. The van der Waals surface area contributed by atoms with E-state index < -0.39 is 0 Å². The van der Waals surface area contributed by atoms with Crippen LogP contribution in [0.2, 0.25) is 0 Å². The van der Waals surface area contributed by atoms with E-state index in [9.17, 15) is 4.79 Å². The van der Waals surface area contributed by atoms with Gasteiger partial charge in [-0.1, -0.05) is 6.58 Å². The molecule has 3 atom stereocenters. The van der Waals surface area contributed by atoms with Gasteiger partial charge in [-0.2, -0.15) is 0 Å². The van der Waals surface area contributed by atoms with E-state index >= 15 is 0 Å². The Hall–Kier alpha value is -0.830. The summed E-state index contributed by atoms with van der Waals surface area (Å²) >= 11 is 0. The number of hydrogen-bond donors (Lipinski definition) is 0. The van der Waals surface area contributed by atoms with Gasteiger partial charge < -0.3 is 9.22 Å². The van der Waals surface area contributed by atoms with Crippen molar-refractivity contribution in [3.05, 3.63) is 12.2 Å². The van der Waals surface area contributed by atoms with Gasteiger partial charge in [0.1, 0.15) is 6.61 Å². The number of esters is 1. The fraction of sp³-hybridized carbons (Fsp3) is 0.800. The Balaban J connectivity index is 1.95. The van der Waals surface area contributed by atoms with Crippen LogP contribution in [0.15, 0.2) is 12.2 Å². The molecule has 0 aromatic rings. The lowest BCUT2D eigenvalue weighted by molar-refractivity contribution is -0.947. The van der Waals surface area contributed by atoms with Crippen LogP contribution in [0.5, 0.6) is 0 Å². The minimum absolute atomic E-state index is 0.231. The fourth-order valence-corrected chi connectivity index (χ4v) is 3.73. The molecular weight excluding hydrogens is 226 g/mol. The van der Waals surface area contributed by atoms with Gasteiger partial charge >= 0.3 is 5.97 Å². The van der Waals surface area contributed by atoms with Crippen molar-refractivity contribution in [3.63, 3.8) is 0 Å². The molecule has 0 aromatic carbocycles. The maximum absolute atomic E-state index is 11.5. The Morgan fingerprint density at radius 2 is 2.00 bits per heavy atom. The molecule has 0 aliphatic carbocycles. The minimum Gasteiger partial charge on any atom is -0.462 e. The Morgan fingerprint density at radius 1 is 1.28 bits per heavy atom. The minimum atomic E-state index is -0.231. The summed E-state index contributed by atoms with van der Waals surface area (Å²) in [5.74, 6) is 0.318. The maximum Gasteiger partial charge on any atom is 0.333 e. The third kappa shape index (κ3) is 2.77. The molecular formula is C15H26NO2+. The molecule has 0 aromatic heterocycles. The average Bonchev–Trinajstić information content (AvgIpc) is 2.34. The van der Waals surface area contributed by atoms with Gasteiger partial charge in [0.15, 0.2) is 0 Å². The Morgan fingerprint density at radius 3 is 2.72 bits per heavy atom. The van der Waals surface area contributed by atoms with E-state index in [4.69, 9.17) is 4.74 Å². The highest BCUT2D eigenvalue weighted by Crippen LogP contribution is 2.36. The normalized spacial score (nSPS) is 35.7. The third-order valence-electron chi connectivity index (χ3n) is 4.78. The smallest absolute Gasteiger partial charge is 0.333 e. The number of ether oxygens (including phenoxy) is 1. The van der Waals surface area contributed by atoms with Gasteiger partial charge in [0.2, 0.25) is 0 Å². The molecule has 0 spiro atoms. The molecule has 3 nitrogen and oxygen atoms in total. The second kappa shape index (κ2) is 5.43. The van der Waals surface area contributed by atoms with Crippen molar-refractivity contribution in [3.8, 4) is 0 Å². The van der Waals surface area contributed by atoms with E-state index in [0.717, 1.165) is 0 Å². The van der Waals surface area contributed by atoms with E-state index in [1.165, 1.54) is 49.7 Å². The number of quaternary nitrogens is 1. The molecule has 2 saturated heterocycles. The van der Waals surface area contributed by atoms with Gasteiger partial charge in [-0.25, -0.2) is 4.79 Å². The Kier molecular flexibility index (Phi) is 4.10. The standard InChI is InChI=1S/C15H26NO2/c1-12(2)15(17)18-11-13-7-6-10-16(3)9-5-4-8-14(13)16/h13-14H,1,4-11H2,2-3H3/q+1/t13-,14+,16-/m1/s1. The van der Waals surface area contributed by atoms with Crippen molar-refractivity contribution in [1.82, 2.24) is 0 Å². The molecule has 2 rings (SSSR count). The summed E-state index contributed by atoms with van der Waals surface area (Å²) in [6.07, 6.45) is 6.46. The van der Waals surface area contributed by atoms with Crippen LogP contribution in [-0.2, 0) is 9.53 Å². The van der Waals surface area contributed by atoms with Crippen molar-refractivity contribution >= 4 is 5.97 Å². The summed E-state index contributed by atoms with van der Waals surface area (Å²) in [7, 11) is 2.39. The van der Waals surface area contributed by atoms with Gasteiger partial charge in [0.05, 0.1) is 26.2 Å². The molecule has 3 heteroatoms. The number of rotatable bonds is 3. The second-order valence-electron chi connectivity index (χ2n) is 6.27. The van der Waals surface area contributed by atoms with Gasteiger partial charge in [0, 0.05) is 17.9 Å². The molecule has 2 aliphatic rings. The van der Waals surface area contributed by atoms with E-state index in [1.54, 1.807) is 6.92 Å². The molecule has 0 radical (unpaired) electrons. The molecule has 102 valence electrons. The first kappa shape index (κ1) is 13.6. The predicted molar refractivity (Wildman–Crippen MR) is 72.1 cm³/mol. The zero-order valence-electron chi connectivity index (χ0n) is 11.8. The number of nitrogens with zero attached hydrogens (tertiary/aromatic N) is 1. The fourth-order valence-electron chi connectivity index (χ4n) is 3.73. The Labute approximate surface area is 110 Å². The summed E-state index contributed by atoms with van der Waals surface area (Å²) in [4.78, 5) is 11.5. The van der Waals surface area contributed by atoms with Crippen molar-refractivity contribution < 1.29 is 14.0 Å². The maximum atomic E-state index is 11.5. The van der Waals surface area contributed by atoms with E-state index in [1.807, 2.05) is 0 Å². The zero-order chi connectivity index (χ0) is 13.2. The van der Waals surface area contributed by atoms with Gasteiger partial charge in [-0.15, -0.1) is 0 Å². The molecule has 0 unspecified atom stereocenters. The van der Waals surface area contributed by atoms with Gasteiger partial charge in [0.25, 0.3) is 0 Å². The van der Waals surface area contributed by atoms with E-state index in [0.29, 0.717) is 24.1 Å². The lowest BCUT2D eigenvalue weighted by atomic mass is 9.82. The molecule has 0 amide bonds. The van der Waals surface area contributed by atoms with Crippen molar-refractivity contribution in [2.24, 2.45) is 5.92 Å². The highest BCUT2D eigenvalue weighted by Gasteiger charge is 2.43. The van der Waals surface area contributed by atoms with Crippen LogP contribution in [0.25, 0.3) is 0 Å². The molecule has 0 saturated carbocycles. The summed E-state index contributed by atoms with van der Waals surface area (Å²) in [6, 6.07) is 0.699. The number of carbonyl (C=O) groups excluding carboxylic acids is 1. The van der Waals surface area contributed by atoms with Gasteiger partial charge in [-0.05, 0) is 32.6 Å². The molecule has 2 fully saturated rings. The van der Waals surface area contributed by atoms with Crippen LogP contribution < -0.4 is 0 Å². The van der Waals surface area contributed by atoms with Crippen LogP contribution in [-0.4, -0.2) is 43.2 Å². The Bertz CT molecular complexity index is 335. The second-order valence-corrected chi connectivity index (χ2v) is 6.27. The van der Waals surface area contributed by atoms with Crippen LogP contribution >= 0.6 is 0 Å². The summed E-state index contributed by atoms with van der Waals surface area (Å²) in [5.41, 5.74) is 0.506. The number of fused-ring (bicyclic) bond motifs is 1. The highest BCUT2D eigenvalue weighted by atomic mass is 16.5. The van der Waals surface area contributed by atoms with Crippen molar-refractivity contribution in [2.45, 2.75) is 45.1 Å². The van der Waals surface area contributed by atoms with E-state index in [2.05, 4.69) is 13.6 Å². The quantitative estimate of drug-likeness (QED) is 0.438. The number of carbonyl (C=O) groups is 1. The summed E-state index contributed by atoms with van der Waals surface area (Å²) in [5, 5.41) is 0.